The fourth-order valence-corrected chi connectivity index (χ4v) is 4.09. The summed E-state index contributed by atoms with van der Waals surface area (Å²) in [4.78, 5) is 14.8. The Morgan fingerprint density at radius 1 is 1.28 bits per heavy atom. The summed E-state index contributed by atoms with van der Waals surface area (Å²) < 4.78 is 0. The van der Waals surface area contributed by atoms with Gasteiger partial charge in [0, 0.05) is 34.0 Å². The maximum absolute atomic E-state index is 12.5. The van der Waals surface area contributed by atoms with Crippen molar-refractivity contribution in [1.29, 1.82) is 5.26 Å². The van der Waals surface area contributed by atoms with Crippen LogP contribution in [0.4, 0.5) is 11.4 Å². The van der Waals surface area contributed by atoms with Gasteiger partial charge >= 0.3 is 0 Å². The minimum absolute atomic E-state index is 0.0149. The van der Waals surface area contributed by atoms with Gasteiger partial charge in [0.05, 0.1) is 0 Å². The Hall–Kier alpha value is -2.48. The molecule has 0 unspecified atom stereocenters. The molecule has 0 spiro atoms. The van der Waals surface area contributed by atoms with E-state index in [2.05, 4.69) is 38.0 Å². The molecular formula is C23H23Cl2N3O. The number of fused-ring (bicyclic) bond motifs is 1. The van der Waals surface area contributed by atoms with Gasteiger partial charge in [-0.05, 0) is 79.8 Å². The Labute approximate surface area is 181 Å². The molecular weight excluding hydrogens is 405 g/mol. The number of nitrogens with zero attached hydrogens (tertiary/aromatic N) is 2. The average Bonchev–Trinajstić information content (AvgIpc) is 2.66. The van der Waals surface area contributed by atoms with Crippen LogP contribution in [-0.2, 0) is 4.79 Å². The molecule has 0 saturated heterocycles. The number of carbonyl (C=O) groups is 1. The zero-order valence-corrected chi connectivity index (χ0v) is 18.4. The average molecular weight is 428 g/mol. The third-order valence-corrected chi connectivity index (χ3v) is 6.10. The molecule has 4 nitrogen and oxygen atoms in total. The summed E-state index contributed by atoms with van der Waals surface area (Å²) >= 11 is 12.4. The van der Waals surface area contributed by atoms with Crippen molar-refractivity contribution in [2.75, 3.05) is 17.3 Å². The second-order valence-electron chi connectivity index (χ2n) is 8.04. The van der Waals surface area contributed by atoms with Gasteiger partial charge in [-0.15, -0.1) is 0 Å². The number of hydrogen-bond acceptors (Lipinski definition) is 3. The molecule has 0 aromatic heterocycles. The Kier molecular flexibility index (Phi) is 5.93. The Morgan fingerprint density at radius 3 is 2.55 bits per heavy atom. The van der Waals surface area contributed by atoms with E-state index in [0.29, 0.717) is 27.2 Å². The molecule has 1 heterocycles. The molecule has 2 aromatic rings. The molecule has 1 aliphatic heterocycles. The van der Waals surface area contributed by atoms with Crippen LogP contribution in [0.25, 0.3) is 6.08 Å². The molecule has 0 fully saturated rings. The Bertz CT molecular complexity index is 1020. The molecule has 1 atom stereocenters. The van der Waals surface area contributed by atoms with Crippen molar-refractivity contribution in [1.82, 2.24) is 0 Å². The zero-order valence-electron chi connectivity index (χ0n) is 16.9. The van der Waals surface area contributed by atoms with Crippen molar-refractivity contribution >= 4 is 46.6 Å². The summed E-state index contributed by atoms with van der Waals surface area (Å²) in [6.07, 6.45) is 2.55. The van der Waals surface area contributed by atoms with E-state index >= 15 is 0 Å². The first-order chi connectivity index (χ1) is 13.6. The van der Waals surface area contributed by atoms with Gasteiger partial charge in [0.15, 0.2) is 0 Å². The van der Waals surface area contributed by atoms with E-state index in [9.17, 15) is 10.1 Å². The van der Waals surface area contributed by atoms with Gasteiger partial charge in [0.25, 0.3) is 5.91 Å². The SMILES string of the molecule is C[C@H]1CC(C)(C)N(C)c2cc(Cl)c(/C=C(/C#N)C(=O)Nc3ccc(Cl)cc3)cc21. The molecule has 3 rings (SSSR count). The van der Waals surface area contributed by atoms with Crippen molar-refractivity contribution in [3.8, 4) is 6.07 Å². The van der Waals surface area contributed by atoms with Crippen molar-refractivity contribution in [3.05, 3.63) is 63.1 Å². The van der Waals surface area contributed by atoms with Crippen LogP contribution in [0.5, 0.6) is 0 Å². The van der Waals surface area contributed by atoms with Gasteiger partial charge in [-0.1, -0.05) is 30.1 Å². The van der Waals surface area contributed by atoms with Gasteiger partial charge in [0.1, 0.15) is 11.6 Å². The van der Waals surface area contributed by atoms with Crippen LogP contribution in [0.3, 0.4) is 0 Å². The van der Waals surface area contributed by atoms with Gasteiger partial charge in [-0.2, -0.15) is 5.26 Å². The summed E-state index contributed by atoms with van der Waals surface area (Å²) in [5, 5.41) is 13.3. The fraction of sp³-hybridized carbons (Fsp3) is 0.304. The minimum Gasteiger partial charge on any atom is -0.369 e. The number of carbonyl (C=O) groups excluding carboxylic acids is 1. The molecule has 0 radical (unpaired) electrons. The number of anilines is 2. The van der Waals surface area contributed by atoms with E-state index in [0.717, 1.165) is 17.7 Å². The van der Waals surface area contributed by atoms with Gasteiger partial charge < -0.3 is 10.2 Å². The molecule has 0 bridgehead atoms. The summed E-state index contributed by atoms with van der Waals surface area (Å²) in [5.41, 5.74) is 3.49. The van der Waals surface area contributed by atoms with Crippen LogP contribution >= 0.6 is 23.2 Å². The van der Waals surface area contributed by atoms with Crippen LogP contribution in [-0.4, -0.2) is 18.5 Å². The lowest BCUT2D eigenvalue weighted by Gasteiger charge is -2.45. The molecule has 29 heavy (non-hydrogen) atoms. The highest BCUT2D eigenvalue weighted by Crippen LogP contribution is 2.44. The maximum Gasteiger partial charge on any atom is 0.266 e. The summed E-state index contributed by atoms with van der Waals surface area (Å²) in [5.74, 6) is -0.149. The zero-order chi connectivity index (χ0) is 21.3. The third kappa shape index (κ3) is 4.42. The molecule has 1 aliphatic rings. The smallest absolute Gasteiger partial charge is 0.266 e. The largest absolute Gasteiger partial charge is 0.369 e. The normalized spacial score (nSPS) is 18.0. The van der Waals surface area contributed by atoms with Crippen LogP contribution in [0.1, 0.15) is 44.2 Å². The molecule has 150 valence electrons. The van der Waals surface area contributed by atoms with E-state index in [1.807, 2.05) is 18.2 Å². The minimum atomic E-state index is -0.491. The molecule has 1 N–H and O–H groups in total. The third-order valence-electron chi connectivity index (χ3n) is 5.52. The predicted octanol–water partition coefficient (Wildman–Crippen LogP) is 6.26. The Morgan fingerprint density at radius 2 is 1.93 bits per heavy atom. The summed E-state index contributed by atoms with van der Waals surface area (Å²) in [6, 6.07) is 12.6. The fourth-order valence-electron chi connectivity index (χ4n) is 3.75. The quantitative estimate of drug-likeness (QED) is 0.464. The van der Waals surface area contributed by atoms with E-state index in [1.165, 1.54) is 0 Å². The first kappa shape index (κ1) is 21.2. The van der Waals surface area contributed by atoms with E-state index < -0.39 is 5.91 Å². The molecule has 1 amide bonds. The highest BCUT2D eigenvalue weighted by atomic mass is 35.5. The van der Waals surface area contributed by atoms with E-state index in [1.54, 1.807) is 30.3 Å². The second kappa shape index (κ2) is 8.10. The van der Waals surface area contributed by atoms with Crippen LogP contribution in [0.15, 0.2) is 42.0 Å². The summed E-state index contributed by atoms with van der Waals surface area (Å²) in [6.45, 7) is 6.61. The number of nitriles is 1. The number of benzene rings is 2. The van der Waals surface area contributed by atoms with Gasteiger partial charge in [-0.3, -0.25) is 4.79 Å². The van der Waals surface area contributed by atoms with Crippen LogP contribution < -0.4 is 10.2 Å². The summed E-state index contributed by atoms with van der Waals surface area (Å²) in [7, 11) is 2.07. The lowest BCUT2D eigenvalue weighted by Crippen LogP contribution is -2.45. The monoisotopic (exact) mass is 427 g/mol. The van der Waals surface area contributed by atoms with E-state index in [-0.39, 0.29) is 11.1 Å². The number of nitrogens with one attached hydrogen (secondary N) is 1. The number of halogens is 2. The lowest BCUT2D eigenvalue weighted by atomic mass is 9.80. The molecule has 0 saturated carbocycles. The van der Waals surface area contributed by atoms with Crippen molar-refractivity contribution in [3.63, 3.8) is 0 Å². The highest BCUT2D eigenvalue weighted by molar-refractivity contribution is 6.32. The predicted molar refractivity (Wildman–Crippen MR) is 121 cm³/mol. The number of amides is 1. The lowest BCUT2D eigenvalue weighted by molar-refractivity contribution is -0.112. The number of rotatable bonds is 3. The van der Waals surface area contributed by atoms with Crippen molar-refractivity contribution < 1.29 is 4.79 Å². The molecule has 2 aromatic carbocycles. The highest BCUT2D eigenvalue weighted by Gasteiger charge is 2.34. The van der Waals surface area contributed by atoms with Crippen molar-refractivity contribution in [2.24, 2.45) is 0 Å². The number of hydrogen-bond donors (Lipinski definition) is 1. The second-order valence-corrected chi connectivity index (χ2v) is 8.88. The Balaban J connectivity index is 1.94. The standard InChI is InChI=1S/C23H23Cl2N3O/c1-14-12-23(2,3)28(4)21-11-20(25)15(10-19(14)21)9-16(13-26)22(29)27-18-7-5-17(24)6-8-18/h5-11,14H,12H2,1-4H3,(H,27,29)/b16-9-/t14-/m0/s1. The maximum atomic E-state index is 12.5. The first-order valence-corrected chi connectivity index (χ1v) is 10.1. The van der Waals surface area contributed by atoms with Crippen LogP contribution in [0.2, 0.25) is 10.0 Å². The molecule has 6 heteroatoms. The first-order valence-electron chi connectivity index (χ1n) is 9.38. The molecule has 0 aliphatic carbocycles. The van der Waals surface area contributed by atoms with Crippen molar-refractivity contribution in [2.45, 2.75) is 38.6 Å². The topological polar surface area (TPSA) is 56.1 Å². The van der Waals surface area contributed by atoms with Gasteiger partial charge in [0.2, 0.25) is 0 Å². The van der Waals surface area contributed by atoms with Crippen LogP contribution in [0, 0.1) is 11.3 Å². The van der Waals surface area contributed by atoms with Gasteiger partial charge in [-0.25, -0.2) is 0 Å². The van der Waals surface area contributed by atoms with E-state index in [4.69, 9.17) is 23.2 Å².